The average Bonchev–Trinajstić information content (AvgIpc) is 3.09. The Labute approximate surface area is 142 Å². The molecule has 130 valence electrons. The highest BCUT2D eigenvalue weighted by Crippen LogP contribution is 2.24. The molecule has 1 heterocycles. The molecule has 1 unspecified atom stereocenters. The molecule has 1 aromatic heterocycles. The van der Waals surface area contributed by atoms with Gasteiger partial charge in [0.25, 0.3) is 0 Å². The van der Waals surface area contributed by atoms with E-state index < -0.39 is 11.6 Å². The van der Waals surface area contributed by atoms with E-state index in [4.69, 9.17) is 9.47 Å². The number of carbonyl (C=O) groups is 1. The monoisotopic (exact) mass is 331 g/mol. The Balaban J connectivity index is 1.94. The highest BCUT2D eigenvalue weighted by Gasteiger charge is 2.37. The number of hydrogen-bond acceptors (Lipinski definition) is 3. The highest BCUT2D eigenvalue weighted by atomic mass is 16.5. The summed E-state index contributed by atoms with van der Waals surface area (Å²) in [4.78, 5) is 11.6. The number of carboxylic acids is 1. The lowest BCUT2D eigenvalue weighted by Crippen LogP contribution is -2.43. The minimum Gasteiger partial charge on any atom is -0.492 e. The van der Waals surface area contributed by atoms with Gasteiger partial charge in [-0.2, -0.15) is 0 Å². The third-order valence-electron chi connectivity index (χ3n) is 4.08. The normalized spacial score (nSPS) is 13.4. The average molecular weight is 331 g/mol. The molecule has 0 bridgehead atoms. The molecule has 0 amide bonds. The molecule has 0 aliphatic rings. The zero-order chi connectivity index (χ0) is 17.4. The van der Waals surface area contributed by atoms with Gasteiger partial charge in [0.15, 0.2) is 5.60 Å². The van der Waals surface area contributed by atoms with Crippen molar-refractivity contribution in [2.24, 2.45) is 0 Å². The Morgan fingerprint density at radius 1 is 1.17 bits per heavy atom. The fraction of sp³-hybridized carbons (Fsp3) is 0.421. The number of carboxylic acid groups (broad SMARTS) is 1. The van der Waals surface area contributed by atoms with Crippen LogP contribution in [0.5, 0.6) is 5.75 Å². The lowest BCUT2D eigenvalue weighted by molar-refractivity contribution is -0.166. The lowest BCUT2D eigenvalue weighted by atomic mass is 9.91. The first-order chi connectivity index (χ1) is 11.6. The number of ether oxygens (including phenoxy) is 2. The van der Waals surface area contributed by atoms with E-state index in [1.54, 1.807) is 0 Å². The number of hydrogen-bond donors (Lipinski definition) is 1. The topological polar surface area (TPSA) is 60.7 Å². The summed E-state index contributed by atoms with van der Waals surface area (Å²) in [5.41, 5.74) is -0.239. The molecule has 0 spiro atoms. The summed E-state index contributed by atoms with van der Waals surface area (Å²) in [5, 5.41) is 9.53. The smallest absolute Gasteiger partial charge is 0.336 e. The molecule has 24 heavy (non-hydrogen) atoms. The first-order valence-electron chi connectivity index (χ1n) is 8.29. The second-order valence-electron chi connectivity index (χ2n) is 5.68. The number of aromatic nitrogens is 1. The maximum atomic E-state index is 11.6. The van der Waals surface area contributed by atoms with Crippen LogP contribution in [0.1, 0.15) is 25.8 Å². The fourth-order valence-electron chi connectivity index (χ4n) is 2.66. The van der Waals surface area contributed by atoms with Crippen LogP contribution in [-0.2, 0) is 22.5 Å². The van der Waals surface area contributed by atoms with Crippen molar-refractivity contribution >= 4 is 5.97 Å². The third-order valence-corrected chi connectivity index (χ3v) is 4.08. The van der Waals surface area contributed by atoms with E-state index in [0.717, 1.165) is 17.9 Å². The summed E-state index contributed by atoms with van der Waals surface area (Å²) in [6.45, 7) is 5.40. The van der Waals surface area contributed by atoms with Crippen molar-refractivity contribution in [1.82, 2.24) is 4.57 Å². The van der Waals surface area contributed by atoms with Gasteiger partial charge in [0.2, 0.25) is 0 Å². The summed E-state index contributed by atoms with van der Waals surface area (Å²) in [6.07, 6.45) is 4.76. The zero-order valence-electron chi connectivity index (χ0n) is 14.3. The first kappa shape index (κ1) is 18.1. The predicted molar refractivity (Wildman–Crippen MR) is 92.4 cm³/mol. The van der Waals surface area contributed by atoms with Crippen LogP contribution in [0.3, 0.4) is 0 Å². The lowest BCUT2D eigenvalue weighted by Gasteiger charge is -2.28. The number of aliphatic carboxylic acids is 1. The molecule has 0 aliphatic heterocycles. The largest absolute Gasteiger partial charge is 0.492 e. The standard InChI is InChI=1S/C19H25NO4/c1-3-19(18(21)22,24-4-2)15-16-7-9-17(10-8-16)23-14-13-20-11-5-6-12-20/h5-12H,3-4,13-15H2,1-2H3,(H,21,22). The van der Waals surface area contributed by atoms with E-state index in [-0.39, 0.29) is 0 Å². The van der Waals surface area contributed by atoms with E-state index >= 15 is 0 Å². The van der Waals surface area contributed by atoms with Crippen LogP contribution < -0.4 is 4.74 Å². The van der Waals surface area contributed by atoms with Gasteiger partial charge in [-0.3, -0.25) is 0 Å². The van der Waals surface area contributed by atoms with Crippen molar-refractivity contribution in [2.45, 2.75) is 38.8 Å². The molecular weight excluding hydrogens is 306 g/mol. The Bertz CT molecular complexity index is 621. The zero-order valence-corrected chi connectivity index (χ0v) is 14.3. The summed E-state index contributed by atoms with van der Waals surface area (Å²) in [7, 11) is 0. The quantitative estimate of drug-likeness (QED) is 0.725. The van der Waals surface area contributed by atoms with Crippen molar-refractivity contribution in [3.63, 3.8) is 0 Å². The van der Waals surface area contributed by atoms with Gasteiger partial charge in [-0.1, -0.05) is 19.1 Å². The molecule has 0 aliphatic carbocycles. The number of nitrogens with zero attached hydrogens (tertiary/aromatic N) is 1. The highest BCUT2D eigenvalue weighted by molar-refractivity contribution is 5.78. The van der Waals surface area contributed by atoms with Crippen LogP contribution in [0, 0.1) is 0 Å². The fourth-order valence-corrected chi connectivity index (χ4v) is 2.66. The van der Waals surface area contributed by atoms with Gasteiger partial charge in [0.1, 0.15) is 12.4 Å². The summed E-state index contributed by atoms with van der Waals surface area (Å²) < 4.78 is 13.3. The van der Waals surface area contributed by atoms with Crippen molar-refractivity contribution < 1.29 is 19.4 Å². The molecule has 2 aromatic rings. The van der Waals surface area contributed by atoms with E-state index in [1.165, 1.54) is 0 Å². The van der Waals surface area contributed by atoms with Crippen LogP contribution in [0.25, 0.3) is 0 Å². The van der Waals surface area contributed by atoms with E-state index in [2.05, 4.69) is 4.57 Å². The van der Waals surface area contributed by atoms with Gasteiger partial charge >= 0.3 is 5.97 Å². The van der Waals surface area contributed by atoms with Gasteiger partial charge < -0.3 is 19.1 Å². The third kappa shape index (κ3) is 4.61. The van der Waals surface area contributed by atoms with Crippen LogP contribution in [0.2, 0.25) is 0 Å². The van der Waals surface area contributed by atoms with Crippen LogP contribution in [0.4, 0.5) is 0 Å². The molecule has 2 rings (SSSR count). The van der Waals surface area contributed by atoms with Gasteiger partial charge in [0.05, 0.1) is 6.54 Å². The SMILES string of the molecule is CCOC(CC)(Cc1ccc(OCCn2cccc2)cc1)C(=O)O. The van der Waals surface area contributed by atoms with Gasteiger partial charge in [-0.25, -0.2) is 4.79 Å². The predicted octanol–water partition coefficient (Wildman–Crippen LogP) is 3.38. The second kappa shape index (κ2) is 8.55. The van der Waals surface area contributed by atoms with E-state index in [9.17, 15) is 9.90 Å². The Kier molecular flexibility index (Phi) is 6.44. The van der Waals surface area contributed by atoms with Crippen molar-refractivity contribution in [2.75, 3.05) is 13.2 Å². The molecule has 0 fully saturated rings. The number of rotatable bonds is 10. The molecule has 1 aromatic carbocycles. The van der Waals surface area contributed by atoms with Crippen molar-refractivity contribution in [1.29, 1.82) is 0 Å². The van der Waals surface area contributed by atoms with Crippen molar-refractivity contribution in [3.8, 4) is 5.75 Å². The minimum atomic E-state index is -1.16. The van der Waals surface area contributed by atoms with Gasteiger partial charge in [-0.15, -0.1) is 0 Å². The minimum absolute atomic E-state index is 0.344. The van der Waals surface area contributed by atoms with Gasteiger partial charge in [-0.05, 0) is 43.2 Å². The Morgan fingerprint density at radius 2 is 1.83 bits per heavy atom. The summed E-state index contributed by atoms with van der Waals surface area (Å²) in [6, 6.07) is 11.5. The molecule has 1 N–H and O–H groups in total. The molecule has 0 saturated carbocycles. The molecule has 0 saturated heterocycles. The Morgan fingerprint density at radius 3 is 2.38 bits per heavy atom. The van der Waals surface area contributed by atoms with E-state index in [1.807, 2.05) is 62.6 Å². The van der Waals surface area contributed by atoms with Crippen molar-refractivity contribution in [3.05, 3.63) is 54.4 Å². The first-order valence-corrected chi connectivity index (χ1v) is 8.29. The second-order valence-corrected chi connectivity index (χ2v) is 5.68. The van der Waals surface area contributed by atoms with Gasteiger partial charge in [0, 0.05) is 25.4 Å². The van der Waals surface area contributed by atoms with Crippen LogP contribution >= 0.6 is 0 Å². The molecule has 5 nitrogen and oxygen atoms in total. The molecule has 5 heteroatoms. The summed E-state index contributed by atoms with van der Waals surface area (Å²) >= 11 is 0. The summed E-state index contributed by atoms with van der Waals surface area (Å²) in [5.74, 6) is -0.140. The Hall–Kier alpha value is -2.27. The van der Waals surface area contributed by atoms with Crippen LogP contribution in [0.15, 0.2) is 48.8 Å². The van der Waals surface area contributed by atoms with E-state index in [0.29, 0.717) is 26.1 Å². The molecular formula is C19H25NO4. The van der Waals surface area contributed by atoms with Crippen LogP contribution in [-0.4, -0.2) is 34.5 Å². The maximum Gasteiger partial charge on any atom is 0.336 e. The molecule has 1 atom stereocenters. The number of benzene rings is 1. The maximum absolute atomic E-state index is 11.6. The molecule has 0 radical (unpaired) electrons.